The zero-order chi connectivity index (χ0) is 32.2. The summed E-state index contributed by atoms with van der Waals surface area (Å²) in [6.45, 7) is 12.6. The van der Waals surface area contributed by atoms with Gasteiger partial charge >= 0.3 is 10.4 Å². The lowest BCUT2D eigenvalue weighted by Gasteiger charge is -2.47. The van der Waals surface area contributed by atoms with E-state index in [9.17, 15) is 8.42 Å². The first-order valence-electron chi connectivity index (χ1n) is 18.0. The van der Waals surface area contributed by atoms with E-state index in [1.165, 1.54) is 22.3 Å². The highest BCUT2D eigenvalue weighted by Crippen LogP contribution is 2.36. The van der Waals surface area contributed by atoms with E-state index < -0.39 is 10.4 Å². The third kappa shape index (κ3) is 9.63. The van der Waals surface area contributed by atoms with Crippen LogP contribution < -0.4 is 0 Å². The van der Waals surface area contributed by atoms with Crippen LogP contribution in [0.4, 0.5) is 0 Å². The van der Waals surface area contributed by atoms with Crippen LogP contribution in [-0.2, 0) is 44.7 Å². The van der Waals surface area contributed by atoms with E-state index in [-0.39, 0.29) is 24.3 Å². The summed E-state index contributed by atoms with van der Waals surface area (Å²) < 4.78 is 39.3. The fourth-order valence-corrected chi connectivity index (χ4v) is 8.69. The average Bonchev–Trinajstić information content (AvgIpc) is 3.06. The second-order valence-electron chi connectivity index (χ2n) is 13.7. The molecule has 2 aromatic rings. The van der Waals surface area contributed by atoms with Gasteiger partial charge in [-0.2, -0.15) is 8.42 Å². The van der Waals surface area contributed by atoms with Gasteiger partial charge < -0.3 is 0 Å². The molecule has 2 aliphatic heterocycles. The van der Waals surface area contributed by atoms with Crippen molar-refractivity contribution in [2.45, 2.75) is 142 Å². The van der Waals surface area contributed by atoms with Crippen LogP contribution in [-0.4, -0.2) is 55.6 Å². The zero-order valence-electron chi connectivity index (χ0n) is 28.7. The summed E-state index contributed by atoms with van der Waals surface area (Å²) in [5.41, 5.74) is 4.82. The fourth-order valence-electron chi connectivity index (χ4n) is 7.89. The standard InChI is InChI=1S/C38H60N2O4S/c1-5-9-15-25-37(23-7-3,39-27-21-33-17-11-13-19-35(33)29-39)31-43-45(41,42)44-32-38(24-8-4,26-16-10-6-2)40-28-22-34-18-12-14-20-36(34)30-40/h11-14,17-20H,5-10,15-16,21-32H2,1-4H3. The second-order valence-corrected chi connectivity index (χ2v) is 15.0. The Morgan fingerprint density at radius 3 is 1.36 bits per heavy atom. The van der Waals surface area contributed by atoms with Gasteiger partial charge in [0.25, 0.3) is 0 Å². The topological polar surface area (TPSA) is 59.1 Å². The Hall–Kier alpha value is -1.77. The van der Waals surface area contributed by atoms with Crippen molar-refractivity contribution >= 4 is 10.4 Å². The first kappa shape index (κ1) is 36.1. The van der Waals surface area contributed by atoms with Gasteiger partial charge in [-0.1, -0.05) is 128 Å². The van der Waals surface area contributed by atoms with Crippen molar-refractivity contribution in [2.75, 3.05) is 26.3 Å². The zero-order valence-corrected chi connectivity index (χ0v) is 29.5. The van der Waals surface area contributed by atoms with Crippen molar-refractivity contribution in [1.29, 1.82) is 0 Å². The third-order valence-electron chi connectivity index (χ3n) is 10.5. The van der Waals surface area contributed by atoms with Crippen molar-refractivity contribution in [3.8, 4) is 0 Å². The largest absolute Gasteiger partial charge is 0.399 e. The maximum Gasteiger partial charge on any atom is 0.399 e. The summed E-state index contributed by atoms with van der Waals surface area (Å²) >= 11 is 0. The van der Waals surface area contributed by atoms with E-state index in [0.717, 1.165) is 116 Å². The molecule has 7 heteroatoms. The molecule has 2 aromatic carbocycles. The Balaban J connectivity index is 1.52. The molecular formula is C38H60N2O4S. The van der Waals surface area contributed by atoms with Crippen molar-refractivity contribution in [1.82, 2.24) is 9.80 Å². The van der Waals surface area contributed by atoms with Crippen LogP contribution in [0.5, 0.6) is 0 Å². The molecule has 2 unspecified atom stereocenters. The van der Waals surface area contributed by atoms with Crippen LogP contribution in [0.2, 0.25) is 0 Å². The molecule has 0 aliphatic carbocycles. The van der Waals surface area contributed by atoms with Crippen LogP contribution in [0.25, 0.3) is 0 Å². The van der Waals surface area contributed by atoms with Crippen molar-refractivity contribution in [3.63, 3.8) is 0 Å². The molecule has 0 aromatic heterocycles. The summed E-state index contributed by atoms with van der Waals surface area (Å²) in [6, 6.07) is 17.3. The number of unbranched alkanes of at least 4 members (excludes halogenated alkanes) is 4. The minimum Gasteiger partial charge on any atom is -0.291 e. The average molecular weight is 641 g/mol. The molecule has 2 heterocycles. The van der Waals surface area contributed by atoms with Crippen molar-refractivity contribution in [3.05, 3.63) is 70.8 Å². The Morgan fingerprint density at radius 2 is 0.978 bits per heavy atom. The first-order valence-corrected chi connectivity index (χ1v) is 19.3. The molecule has 2 aliphatic rings. The van der Waals surface area contributed by atoms with Gasteiger partial charge in [-0.05, 0) is 60.8 Å². The molecule has 2 atom stereocenters. The molecule has 45 heavy (non-hydrogen) atoms. The number of rotatable bonds is 20. The van der Waals surface area contributed by atoms with Gasteiger partial charge in [-0.25, -0.2) is 8.37 Å². The number of nitrogens with zero attached hydrogens (tertiary/aromatic N) is 2. The Bertz CT molecular complexity index is 1190. The highest BCUT2D eigenvalue weighted by molar-refractivity contribution is 7.81. The lowest BCUT2D eigenvalue weighted by Crippen LogP contribution is -2.55. The lowest BCUT2D eigenvalue weighted by atomic mass is 9.84. The van der Waals surface area contributed by atoms with E-state index in [4.69, 9.17) is 8.37 Å². The Labute approximate surface area is 275 Å². The molecule has 6 nitrogen and oxygen atoms in total. The first-order chi connectivity index (χ1) is 21.8. The summed E-state index contributed by atoms with van der Waals surface area (Å²) in [7, 11) is -4.20. The summed E-state index contributed by atoms with van der Waals surface area (Å²) in [5.74, 6) is 0. The van der Waals surface area contributed by atoms with E-state index in [2.05, 4.69) is 86.0 Å². The smallest absolute Gasteiger partial charge is 0.291 e. The molecule has 0 fully saturated rings. The maximum atomic E-state index is 13.7. The highest BCUT2D eigenvalue weighted by Gasteiger charge is 2.41. The Morgan fingerprint density at radius 1 is 0.578 bits per heavy atom. The number of fused-ring (bicyclic) bond motifs is 2. The Kier molecular flexibility index (Phi) is 13.9. The second kappa shape index (κ2) is 17.4. The SMILES string of the molecule is CCCCCC(CCC)(COS(=O)(=O)OCC(CCC)(CCCCC)N1CCc2ccccc2C1)N1CCc2ccccc2C1. The molecule has 252 valence electrons. The third-order valence-corrected chi connectivity index (χ3v) is 11.3. The normalized spacial score (nSPS) is 18.6. The van der Waals surface area contributed by atoms with Gasteiger partial charge in [-0.15, -0.1) is 0 Å². The van der Waals surface area contributed by atoms with Crippen molar-refractivity contribution < 1.29 is 16.8 Å². The predicted octanol–water partition coefficient (Wildman–Crippen LogP) is 8.62. The molecular weight excluding hydrogens is 580 g/mol. The maximum absolute atomic E-state index is 13.7. The van der Waals surface area contributed by atoms with Crippen molar-refractivity contribution in [2.24, 2.45) is 0 Å². The molecule has 4 rings (SSSR count). The van der Waals surface area contributed by atoms with Gasteiger partial charge in [0.15, 0.2) is 0 Å². The van der Waals surface area contributed by atoms with E-state index in [0.29, 0.717) is 0 Å². The predicted molar refractivity (Wildman–Crippen MR) is 185 cm³/mol. The number of hydrogen-bond donors (Lipinski definition) is 0. The van der Waals surface area contributed by atoms with Gasteiger partial charge in [0.05, 0.1) is 13.2 Å². The summed E-state index contributed by atoms with van der Waals surface area (Å²) in [5, 5.41) is 0. The van der Waals surface area contributed by atoms with Gasteiger partial charge in [0, 0.05) is 37.3 Å². The minimum absolute atomic E-state index is 0.142. The van der Waals surface area contributed by atoms with E-state index >= 15 is 0 Å². The van der Waals surface area contributed by atoms with Gasteiger partial charge in [0.1, 0.15) is 0 Å². The number of benzene rings is 2. The van der Waals surface area contributed by atoms with E-state index in [1.807, 2.05) is 0 Å². The van der Waals surface area contributed by atoms with Crippen LogP contribution in [0.1, 0.15) is 127 Å². The van der Waals surface area contributed by atoms with E-state index in [1.54, 1.807) is 0 Å². The minimum atomic E-state index is -4.20. The molecule has 0 radical (unpaired) electrons. The lowest BCUT2D eigenvalue weighted by molar-refractivity contribution is -0.00739. The molecule has 0 spiro atoms. The highest BCUT2D eigenvalue weighted by atomic mass is 32.3. The quantitative estimate of drug-likeness (QED) is 0.135. The monoisotopic (exact) mass is 640 g/mol. The summed E-state index contributed by atoms with van der Waals surface area (Å²) in [6.07, 6.45) is 14.2. The fraction of sp³-hybridized carbons (Fsp3) is 0.684. The van der Waals surface area contributed by atoms with Crippen LogP contribution in [0, 0.1) is 0 Å². The van der Waals surface area contributed by atoms with Crippen LogP contribution in [0.3, 0.4) is 0 Å². The number of hydrogen-bond acceptors (Lipinski definition) is 6. The van der Waals surface area contributed by atoms with Crippen LogP contribution >= 0.6 is 0 Å². The molecule has 0 amide bonds. The molecule has 0 saturated heterocycles. The summed E-state index contributed by atoms with van der Waals surface area (Å²) in [4.78, 5) is 5.03. The molecule has 0 bridgehead atoms. The molecule has 0 saturated carbocycles. The van der Waals surface area contributed by atoms with Gasteiger partial charge in [0.2, 0.25) is 0 Å². The molecule has 0 N–H and O–H groups in total. The van der Waals surface area contributed by atoms with Crippen LogP contribution in [0.15, 0.2) is 48.5 Å². The van der Waals surface area contributed by atoms with Gasteiger partial charge in [-0.3, -0.25) is 9.80 Å².